The van der Waals surface area contributed by atoms with Gasteiger partial charge < -0.3 is 9.88 Å². The average molecular weight is 274 g/mol. The van der Waals surface area contributed by atoms with E-state index in [4.69, 9.17) is 12.2 Å². The maximum absolute atomic E-state index is 5.54. The van der Waals surface area contributed by atoms with Crippen molar-refractivity contribution in [3.8, 4) is 0 Å². The van der Waals surface area contributed by atoms with Crippen molar-refractivity contribution >= 4 is 23.4 Å². The van der Waals surface area contributed by atoms with Gasteiger partial charge in [0, 0.05) is 12.7 Å². The van der Waals surface area contributed by atoms with Gasteiger partial charge in [0.05, 0.1) is 11.6 Å². The number of pyridine rings is 1. The van der Waals surface area contributed by atoms with Gasteiger partial charge in [-0.1, -0.05) is 0 Å². The molecule has 2 aromatic heterocycles. The highest BCUT2D eigenvalue weighted by Crippen LogP contribution is 2.37. The summed E-state index contributed by atoms with van der Waals surface area (Å²) in [7, 11) is 0. The molecule has 19 heavy (non-hydrogen) atoms. The Bertz CT molecular complexity index is 678. The summed E-state index contributed by atoms with van der Waals surface area (Å²) in [6.45, 7) is 5.70. The lowest BCUT2D eigenvalue weighted by atomic mass is 9.84. The number of fused-ring (bicyclic) bond motifs is 4. The summed E-state index contributed by atoms with van der Waals surface area (Å²) in [6.07, 6.45) is 4.53. The van der Waals surface area contributed by atoms with Gasteiger partial charge in [-0.25, -0.2) is 4.98 Å². The zero-order chi connectivity index (χ0) is 13.0. The fourth-order valence-electron chi connectivity index (χ4n) is 3.65. The zero-order valence-corrected chi connectivity index (χ0v) is 11.9. The number of aromatic amines is 1. The van der Waals surface area contributed by atoms with Crippen molar-refractivity contribution in [1.82, 2.24) is 19.4 Å². The summed E-state index contributed by atoms with van der Waals surface area (Å²) >= 11 is 5.54. The molecule has 2 bridgehead atoms. The molecule has 1 N–H and O–H groups in total. The highest BCUT2D eigenvalue weighted by molar-refractivity contribution is 7.71. The first-order valence-corrected chi connectivity index (χ1v) is 7.42. The number of nitrogens with zero attached hydrogens (tertiary/aromatic N) is 3. The first kappa shape index (κ1) is 11.6. The van der Waals surface area contributed by atoms with Crippen LogP contribution < -0.4 is 0 Å². The van der Waals surface area contributed by atoms with Gasteiger partial charge in [0.2, 0.25) is 0 Å². The molecule has 3 fully saturated rings. The molecule has 2 aromatic rings. The molecule has 0 saturated carbocycles. The van der Waals surface area contributed by atoms with Gasteiger partial charge in [-0.05, 0) is 62.6 Å². The predicted molar refractivity (Wildman–Crippen MR) is 77.9 cm³/mol. The first-order chi connectivity index (χ1) is 9.22. The normalized spacial score (nSPS) is 30.1. The van der Waals surface area contributed by atoms with Crippen LogP contribution in [-0.2, 0) is 0 Å². The second kappa shape index (κ2) is 4.15. The third-order valence-electron chi connectivity index (χ3n) is 4.65. The van der Waals surface area contributed by atoms with Crippen LogP contribution in [0, 0.1) is 17.6 Å². The van der Waals surface area contributed by atoms with Gasteiger partial charge in [-0.15, -0.1) is 0 Å². The van der Waals surface area contributed by atoms with E-state index in [0.717, 1.165) is 28.4 Å². The summed E-state index contributed by atoms with van der Waals surface area (Å²) in [6, 6.07) is 2.63. The van der Waals surface area contributed by atoms with Crippen LogP contribution >= 0.6 is 12.2 Å². The molecule has 5 heterocycles. The molecular formula is C14H18N4S. The fourth-order valence-corrected chi connectivity index (χ4v) is 3.98. The van der Waals surface area contributed by atoms with E-state index in [9.17, 15) is 0 Å². The molecule has 5 heteroatoms. The Morgan fingerprint density at radius 3 is 2.84 bits per heavy atom. The van der Waals surface area contributed by atoms with E-state index in [-0.39, 0.29) is 0 Å². The SMILES string of the molecule is Cc1cnc2c(c1)[nH]c(=S)n2C1CN2CCC1CC2. The summed E-state index contributed by atoms with van der Waals surface area (Å²) in [5.74, 6) is 0.763. The Kier molecular flexibility index (Phi) is 2.53. The Balaban J connectivity index is 1.87. The van der Waals surface area contributed by atoms with E-state index in [2.05, 4.69) is 32.4 Å². The summed E-state index contributed by atoms with van der Waals surface area (Å²) in [5.41, 5.74) is 3.26. The number of H-pyrrole nitrogens is 1. The minimum Gasteiger partial charge on any atom is -0.329 e. The molecule has 0 spiro atoms. The lowest BCUT2D eigenvalue weighted by molar-refractivity contribution is 0.0580. The molecule has 3 saturated heterocycles. The lowest BCUT2D eigenvalue weighted by Crippen LogP contribution is -2.48. The summed E-state index contributed by atoms with van der Waals surface area (Å²) < 4.78 is 3.09. The van der Waals surface area contributed by atoms with E-state index in [1.165, 1.54) is 31.5 Å². The van der Waals surface area contributed by atoms with Crippen LogP contribution in [0.2, 0.25) is 0 Å². The monoisotopic (exact) mass is 274 g/mol. The smallest absolute Gasteiger partial charge is 0.179 e. The molecule has 3 aliphatic rings. The summed E-state index contributed by atoms with van der Waals surface area (Å²) in [4.78, 5) is 10.5. The molecular weight excluding hydrogens is 256 g/mol. The molecule has 5 rings (SSSR count). The van der Waals surface area contributed by atoms with Crippen LogP contribution in [0.15, 0.2) is 12.3 Å². The van der Waals surface area contributed by atoms with Crippen LogP contribution in [0.4, 0.5) is 0 Å². The van der Waals surface area contributed by atoms with Gasteiger partial charge in [0.25, 0.3) is 0 Å². The van der Waals surface area contributed by atoms with E-state index in [1.807, 2.05) is 6.20 Å². The second-order valence-electron chi connectivity index (χ2n) is 5.89. The first-order valence-electron chi connectivity index (χ1n) is 7.01. The van der Waals surface area contributed by atoms with Gasteiger partial charge in [-0.3, -0.25) is 4.57 Å². The van der Waals surface area contributed by atoms with Crippen LogP contribution in [0.5, 0.6) is 0 Å². The Hall–Kier alpha value is -1.20. The van der Waals surface area contributed by atoms with Crippen LogP contribution in [0.25, 0.3) is 11.2 Å². The van der Waals surface area contributed by atoms with E-state index >= 15 is 0 Å². The number of nitrogens with one attached hydrogen (secondary N) is 1. The second-order valence-corrected chi connectivity index (χ2v) is 6.28. The van der Waals surface area contributed by atoms with E-state index in [0.29, 0.717) is 6.04 Å². The minimum absolute atomic E-state index is 0.499. The van der Waals surface area contributed by atoms with Crippen molar-refractivity contribution in [3.05, 3.63) is 22.6 Å². The number of aryl methyl sites for hydroxylation is 1. The molecule has 0 radical (unpaired) electrons. The van der Waals surface area contributed by atoms with Crippen LogP contribution in [0.3, 0.4) is 0 Å². The predicted octanol–water partition coefficient (Wildman–Crippen LogP) is 2.67. The van der Waals surface area contributed by atoms with Crippen molar-refractivity contribution in [2.45, 2.75) is 25.8 Å². The maximum atomic E-state index is 5.54. The fraction of sp³-hybridized carbons (Fsp3) is 0.571. The maximum Gasteiger partial charge on any atom is 0.179 e. The molecule has 100 valence electrons. The van der Waals surface area contributed by atoms with Crippen molar-refractivity contribution in [1.29, 1.82) is 0 Å². The standard InChI is InChI=1S/C14H18N4S/c1-9-6-11-13(15-7-9)18(14(19)16-11)12-8-17-4-2-10(12)3-5-17/h6-7,10,12H,2-5,8H2,1H3,(H,16,19). The van der Waals surface area contributed by atoms with Crippen LogP contribution in [-0.4, -0.2) is 39.1 Å². The van der Waals surface area contributed by atoms with Gasteiger partial charge in [-0.2, -0.15) is 0 Å². The minimum atomic E-state index is 0.499. The average Bonchev–Trinajstić information content (AvgIpc) is 2.75. The number of rotatable bonds is 1. The third kappa shape index (κ3) is 1.75. The lowest BCUT2D eigenvalue weighted by Gasteiger charge is -2.45. The highest BCUT2D eigenvalue weighted by Gasteiger charge is 2.36. The van der Waals surface area contributed by atoms with E-state index < -0.39 is 0 Å². The number of aromatic nitrogens is 3. The zero-order valence-electron chi connectivity index (χ0n) is 11.1. The van der Waals surface area contributed by atoms with Crippen molar-refractivity contribution < 1.29 is 0 Å². The topological polar surface area (TPSA) is 36.9 Å². The number of hydrogen-bond donors (Lipinski definition) is 1. The van der Waals surface area contributed by atoms with E-state index in [1.54, 1.807) is 0 Å². The Morgan fingerprint density at radius 2 is 2.16 bits per heavy atom. The largest absolute Gasteiger partial charge is 0.329 e. The number of hydrogen-bond acceptors (Lipinski definition) is 3. The number of imidazole rings is 1. The molecule has 1 atom stereocenters. The molecule has 0 aliphatic carbocycles. The van der Waals surface area contributed by atoms with Gasteiger partial charge in [0.1, 0.15) is 0 Å². The molecule has 4 nitrogen and oxygen atoms in total. The molecule has 3 aliphatic heterocycles. The van der Waals surface area contributed by atoms with Crippen molar-refractivity contribution in [3.63, 3.8) is 0 Å². The highest BCUT2D eigenvalue weighted by atomic mass is 32.1. The Morgan fingerprint density at radius 1 is 1.37 bits per heavy atom. The Labute approximate surface area is 117 Å². The molecule has 1 unspecified atom stereocenters. The van der Waals surface area contributed by atoms with Crippen LogP contribution in [0.1, 0.15) is 24.4 Å². The van der Waals surface area contributed by atoms with Crippen molar-refractivity contribution in [2.24, 2.45) is 5.92 Å². The number of piperidine rings is 3. The van der Waals surface area contributed by atoms with Gasteiger partial charge in [0.15, 0.2) is 10.4 Å². The molecule has 0 aromatic carbocycles. The quantitative estimate of drug-likeness (QED) is 0.812. The third-order valence-corrected chi connectivity index (χ3v) is 4.94. The van der Waals surface area contributed by atoms with Crippen molar-refractivity contribution in [2.75, 3.05) is 19.6 Å². The summed E-state index contributed by atoms with van der Waals surface area (Å²) in [5, 5.41) is 0. The van der Waals surface area contributed by atoms with Gasteiger partial charge >= 0.3 is 0 Å². The molecule has 0 amide bonds.